The van der Waals surface area contributed by atoms with Gasteiger partial charge in [-0.1, -0.05) is 0 Å². The zero-order chi connectivity index (χ0) is 11.0. The van der Waals surface area contributed by atoms with Crippen molar-refractivity contribution in [3.8, 4) is 5.75 Å². The first-order valence-corrected chi connectivity index (χ1v) is 4.75. The molecule has 0 radical (unpaired) electrons. The van der Waals surface area contributed by atoms with Crippen LogP contribution in [0.3, 0.4) is 0 Å². The van der Waals surface area contributed by atoms with Crippen LogP contribution < -0.4 is 11.4 Å². The molecule has 80 valence electrons. The number of hydrogen-bond donors (Lipinski definition) is 3. The Morgan fingerprint density at radius 1 is 1.60 bits per heavy atom. The van der Waals surface area contributed by atoms with Gasteiger partial charge in [0.2, 0.25) is 0 Å². The van der Waals surface area contributed by atoms with Crippen LogP contribution in [0.25, 0.3) is 11.0 Å². The van der Waals surface area contributed by atoms with E-state index in [0.717, 1.165) is 5.52 Å². The fraction of sp³-hybridized carbons (Fsp3) is 0.300. The lowest BCUT2D eigenvalue weighted by atomic mass is 10.3. The van der Waals surface area contributed by atoms with Gasteiger partial charge in [-0.25, -0.2) is 4.79 Å². The standard InChI is InChI=1S/C10H13N3O2/c1-6(11)5-13-9-3-2-7(14)4-8(9)12-10(13)15/h2-4,6,14H,5,11H2,1H3,(H,12,15). The van der Waals surface area contributed by atoms with Crippen LogP contribution in [0.5, 0.6) is 5.75 Å². The Morgan fingerprint density at radius 2 is 2.33 bits per heavy atom. The van der Waals surface area contributed by atoms with E-state index in [4.69, 9.17) is 5.73 Å². The largest absolute Gasteiger partial charge is 0.508 e. The second-order valence-corrected chi connectivity index (χ2v) is 3.72. The van der Waals surface area contributed by atoms with E-state index in [1.165, 1.54) is 6.07 Å². The lowest BCUT2D eigenvalue weighted by Gasteiger charge is -2.06. The Labute approximate surface area is 86.1 Å². The minimum absolute atomic E-state index is 0.0875. The van der Waals surface area contributed by atoms with Gasteiger partial charge in [0, 0.05) is 18.7 Å². The van der Waals surface area contributed by atoms with E-state index < -0.39 is 0 Å². The Kier molecular flexibility index (Phi) is 2.24. The molecule has 0 aliphatic carbocycles. The Morgan fingerprint density at radius 3 is 3.00 bits per heavy atom. The number of nitrogens with one attached hydrogen (secondary N) is 1. The average molecular weight is 207 g/mol. The number of rotatable bonds is 2. The second-order valence-electron chi connectivity index (χ2n) is 3.72. The molecule has 4 N–H and O–H groups in total. The van der Waals surface area contributed by atoms with E-state index in [0.29, 0.717) is 12.1 Å². The molecule has 0 aliphatic heterocycles. The molecule has 5 nitrogen and oxygen atoms in total. The van der Waals surface area contributed by atoms with Crippen molar-refractivity contribution in [1.82, 2.24) is 9.55 Å². The summed E-state index contributed by atoms with van der Waals surface area (Å²) < 4.78 is 1.57. The number of nitrogens with two attached hydrogens (primary N) is 1. The van der Waals surface area contributed by atoms with Gasteiger partial charge in [-0.3, -0.25) is 4.57 Å². The normalized spacial score (nSPS) is 13.2. The van der Waals surface area contributed by atoms with E-state index in [1.807, 2.05) is 6.92 Å². The summed E-state index contributed by atoms with van der Waals surface area (Å²) in [5, 5.41) is 9.26. The average Bonchev–Trinajstić information content (AvgIpc) is 2.41. The highest BCUT2D eigenvalue weighted by Gasteiger charge is 2.08. The molecule has 0 saturated carbocycles. The van der Waals surface area contributed by atoms with E-state index in [9.17, 15) is 9.90 Å². The summed E-state index contributed by atoms with van der Waals surface area (Å²) in [5.41, 5.74) is 6.83. The van der Waals surface area contributed by atoms with Gasteiger partial charge < -0.3 is 15.8 Å². The monoisotopic (exact) mass is 207 g/mol. The molecule has 1 aromatic heterocycles. The van der Waals surface area contributed by atoms with Crippen LogP contribution >= 0.6 is 0 Å². The van der Waals surface area contributed by atoms with Crippen molar-refractivity contribution in [2.45, 2.75) is 19.5 Å². The number of benzene rings is 1. The summed E-state index contributed by atoms with van der Waals surface area (Å²) in [7, 11) is 0. The summed E-state index contributed by atoms with van der Waals surface area (Å²) in [5.74, 6) is 0.136. The van der Waals surface area contributed by atoms with Crippen molar-refractivity contribution >= 4 is 11.0 Å². The molecule has 1 atom stereocenters. The SMILES string of the molecule is CC(N)Cn1c(=O)[nH]c2cc(O)ccc21. The summed E-state index contributed by atoms with van der Waals surface area (Å²) in [4.78, 5) is 14.2. The maximum atomic E-state index is 11.6. The molecule has 0 fully saturated rings. The van der Waals surface area contributed by atoms with Gasteiger partial charge in [-0.05, 0) is 19.1 Å². The Bertz CT molecular complexity index is 539. The number of phenolic OH excluding ortho intramolecular Hbond substituents is 1. The van der Waals surface area contributed by atoms with Crippen LogP contribution in [0.15, 0.2) is 23.0 Å². The van der Waals surface area contributed by atoms with Crippen LogP contribution in [0, 0.1) is 0 Å². The summed E-state index contributed by atoms with van der Waals surface area (Å²) in [6.45, 7) is 2.30. The van der Waals surface area contributed by atoms with Crippen molar-refractivity contribution in [2.75, 3.05) is 0 Å². The number of aromatic hydroxyl groups is 1. The highest BCUT2D eigenvalue weighted by Crippen LogP contribution is 2.16. The summed E-state index contributed by atoms with van der Waals surface area (Å²) >= 11 is 0. The molecule has 1 unspecified atom stereocenters. The number of hydrogen-bond acceptors (Lipinski definition) is 3. The molecule has 1 aromatic carbocycles. The molecule has 0 spiro atoms. The van der Waals surface area contributed by atoms with E-state index in [2.05, 4.69) is 4.98 Å². The van der Waals surface area contributed by atoms with Crippen LogP contribution in [0.1, 0.15) is 6.92 Å². The predicted molar refractivity (Wildman–Crippen MR) is 57.9 cm³/mol. The number of aromatic amines is 1. The van der Waals surface area contributed by atoms with Crippen molar-refractivity contribution in [3.63, 3.8) is 0 Å². The zero-order valence-electron chi connectivity index (χ0n) is 8.40. The lowest BCUT2D eigenvalue weighted by molar-refractivity contribution is 0.476. The van der Waals surface area contributed by atoms with Crippen molar-refractivity contribution < 1.29 is 5.11 Å². The number of phenols is 1. The third-order valence-electron chi connectivity index (χ3n) is 2.23. The number of imidazole rings is 1. The van der Waals surface area contributed by atoms with E-state index in [1.54, 1.807) is 16.7 Å². The first-order chi connectivity index (χ1) is 7.08. The first-order valence-electron chi connectivity index (χ1n) is 4.75. The molecule has 15 heavy (non-hydrogen) atoms. The van der Waals surface area contributed by atoms with Crippen LogP contribution in [-0.2, 0) is 6.54 Å². The maximum absolute atomic E-state index is 11.6. The zero-order valence-corrected chi connectivity index (χ0v) is 8.40. The summed E-state index contributed by atoms with van der Waals surface area (Å²) in [6, 6.07) is 4.68. The topological polar surface area (TPSA) is 84.0 Å². The van der Waals surface area contributed by atoms with Crippen LogP contribution in [-0.4, -0.2) is 20.7 Å². The highest BCUT2D eigenvalue weighted by atomic mass is 16.3. The fourth-order valence-electron chi connectivity index (χ4n) is 1.62. The molecular weight excluding hydrogens is 194 g/mol. The molecule has 2 rings (SSSR count). The quantitative estimate of drug-likeness (QED) is 0.665. The van der Waals surface area contributed by atoms with E-state index in [-0.39, 0.29) is 17.5 Å². The second kappa shape index (κ2) is 3.43. The Balaban J connectivity index is 2.63. The molecular formula is C10H13N3O2. The first kappa shape index (κ1) is 9.79. The molecule has 1 heterocycles. The Hall–Kier alpha value is -1.75. The minimum Gasteiger partial charge on any atom is -0.508 e. The van der Waals surface area contributed by atoms with Gasteiger partial charge in [0.15, 0.2) is 0 Å². The van der Waals surface area contributed by atoms with Crippen molar-refractivity contribution in [3.05, 3.63) is 28.7 Å². The van der Waals surface area contributed by atoms with Crippen LogP contribution in [0.2, 0.25) is 0 Å². The third kappa shape index (κ3) is 1.73. The molecule has 0 bridgehead atoms. The number of aromatic nitrogens is 2. The van der Waals surface area contributed by atoms with Gasteiger partial charge >= 0.3 is 5.69 Å². The number of fused-ring (bicyclic) bond motifs is 1. The third-order valence-corrected chi connectivity index (χ3v) is 2.23. The van der Waals surface area contributed by atoms with Gasteiger partial charge in [0.1, 0.15) is 5.75 Å². The summed E-state index contributed by atoms with van der Waals surface area (Å²) in [6.07, 6.45) is 0. The van der Waals surface area contributed by atoms with E-state index >= 15 is 0 Å². The lowest BCUT2D eigenvalue weighted by Crippen LogP contribution is -2.28. The molecule has 0 saturated heterocycles. The minimum atomic E-state index is -0.201. The highest BCUT2D eigenvalue weighted by molar-refractivity contribution is 5.76. The van der Waals surface area contributed by atoms with Crippen LogP contribution in [0.4, 0.5) is 0 Å². The smallest absolute Gasteiger partial charge is 0.326 e. The molecule has 5 heteroatoms. The fourth-order valence-corrected chi connectivity index (χ4v) is 1.62. The van der Waals surface area contributed by atoms with Gasteiger partial charge in [-0.15, -0.1) is 0 Å². The van der Waals surface area contributed by atoms with Crippen molar-refractivity contribution in [2.24, 2.45) is 5.73 Å². The maximum Gasteiger partial charge on any atom is 0.326 e. The number of H-pyrrole nitrogens is 1. The predicted octanol–water partition coefficient (Wildman–Crippen LogP) is 0.382. The van der Waals surface area contributed by atoms with Crippen molar-refractivity contribution in [1.29, 1.82) is 0 Å². The number of nitrogens with zero attached hydrogens (tertiary/aromatic N) is 1. The van der Waals surface area contributed by atoms with Gasteiger partial charge in [0.25, 0.3) is 0 Å². The molecule has 0 aliphatic rings. The molecule has 2 aromatic rings. The van der Waals surface area contributed by atoms with Gasteiger partial charge in [0.05, 0.1) is 11.0 Å². The van der Waals surface area contributed by atoms with Gasteiger partial charge in [-0.2, -0.15) is 0 Å². The molecule has 0 amide bonds.